The predicted molar refractivity (Wildman–Crippen MR) is 82.4 cm³/mol. The Morgan fingerprint density at radius 3 is 2.10 bits per heavy atom. The van der Waals surface area contributed by atoms with Crippen molar-refractivity contribution >= 4 is 0 Å². The molecule has 0 amide bonds. The summed E-state index contributed by atoms with van der Waals surface area (Å²) in [6.07, 6.45) is 15.1. The van der Waals surface area contributed by atoms with E-state index in [1.165, 1.54) is 64.2 Å². The first kappa shape index (κ1) is 13.6. The molecule has 5 fully saturated rings. The zero-order valence-corrected chi connectivity index (χ0v) is 13.5. The van der Waals surface area contributed by atoms with Gasteiger partial charge in [-0.25, -0.2) is 0 Å². The van der Waals surface area contributed by atoms with Gasteiger partial charge in [0, 0.05) is 0 Å². The first-order chi connectivity index (χ1) is 9.40. The number of aliphatic hydroxyl groups is 1. The van der Waals surface area contributed by atoms with Gasteiger partial charge in [-0.15, -0.1) is 0 Å². The second-order valence-corrected chi connectivity index (χ2v) is 9.95. The van der Waals surface area contributed by atoms with Gasteiger partial charge in [0.2, 0.25) is 0 Å². The van der Waals surface area contributed by atoms with Gasteiger partial charge in [0.05, 0.1) is 6.10 Å². The number of hydrogen-bond donors (Lipinski definition) is 1. The maximum absolute atomic E-state index is 10.8. The van der Waals surface area contributed by atoms with E-state index in [1.54, 1.807) is 0 Å². The first-order valence-electron chi connectivity index (χ1n) is 9.08. The van der Waals surface area contributed by atoms with E-state index in [-0.39, 0.29) is 6.10 Å². The molecule has 1 nitrogen and oxygen atoms in total. The molecule has 0 aromatic rings. The monoisotopic (exact) mass is 276 g/mol. The molecular formula is C19H32O. The van der Waals surface area contributed by atoms with Crippen molar-refractivity contribution in [2.45, 2.75) is 90.6 Å². The molecule has 5 rings (SSSR count). The first-order valence-corrected chi connectivity index (χ1v) is 9.08. The van der Waals surface area contributed by atoms with E-state index in [1.807, 2.05) is 0 Å². The summed E-state index contributed by atoms with van der Waals surface area (Å²) < 4.78 is 0. The highest BCUT2D eigenvalue weighted by atomic mass is 16.3. The lowest BCUT2D eigenvalue weighted by Crippen LogP contribution is -2.55. The smallest absolute Gasteiger partial charge is 0.0573 e. The lowest BCUT2D eigenvalue weighted by atomic mass is 9.39. The van der Waals surface area contributed by atoms with Crippen LogP contribution in [0.4, 0.5) is 0 Å². The van der Waals surface area contributed by atoms with Crippen LogP contribution in [0, 0.1) is 28.1 Å². The minimum absolute atomic E-state index is 0.000880. The summed E-state index contributed by atoms with van der Waals surface area (Å²) in [5.74, 6) is 1.60. The molecule has 0 aromatic carbocycles. The van der Waals surface area contributed by atoms with Crippen LogP contribution in [-0.2, 0) is 0 Å². The Labute approximate surface area is 124 Å². The lowest BCUT2D eigenvalue weighted by Gasteiger charge is -2.66. The molecule has 4 bridgehead atoms. The van der Waals surface area contributed by atoms with Crippen molar-refractivity contribution < 1.29 is 5.11 Å². The second-order valence-electron chi connectivity index (χ2n) is 9.95. The van der Waals surface area contributed by atoms with Crippen LogP contribution < -0.4 is 0 Å². The molecule has 3 atom stereocenters. The molecule has 3 unspecified atom stereocenters. The van der Waals surface area contributed by atoms with Gasteiger partial charge < -0.3 is 5.11 Å². The molecule has 5 aliphatic carbocycles. The van der Waals surface area contributed by atoms with Crippen LogP contribution >= 0.6 is 0 Å². The van der Waals surface area contributed by atoms with E-state index in [2.05, 4.69) is 13.8 Å². The van der Waals surface area contributed by atoms with Gasteiger partial charge in [-0.05, 0) is 85.9 Å². The Morgan fingerprint density at radius 2 is 1.55 bits per heavy atom. The van der Waals surface area contributed by atoms with Crippen molar-refractivity contribution in [2.75, 3.05) is 0 Å². The highest BCUT2D eigenvalue weighted by Crippen LogP contribution is 2.70. The maximum atomic E-state index is 10.8. The molecule has 20 heavy (non-hydrogen) atoms. The third-order valence-electron chi connectivity index (χ3n) is 7.33. The standard InChI is InChI=1S/C19H32O/c1-17-7-14-8-18(2,11-17)13-19(9-14,12-17)10-16(20)15-5-3-4-6-15/h14-16,20H,3-13H2,1-2H3. The quantitative estimate of drug-likeness (QED) is 0.775. The molecule has 114 valence electrons. The minimum Gasteiger partial charge on any atom is -0.393 e. The zero-order valence-electron chi connectivity index (χ0n) is 13.5. The van der Waals surface area contributed by atoms with E-state index >= 15 is 0 Å². The van der Waals surface area contributed by atoms with E-state index in [9.17, 15) is 5.11 Å². The summed E-state index contributed by atoms with van der Waals surface area (Å²) in [5.41, 5.74) is 1.71. The number of rotatable bonds is 3. The largest absolute Gasteiger partial charge is 0.393 e. The van der Waals surface area contributed by atoms with Gasteiger partial charge in [0.1, 0.15) is 0 Å². The van der Waals surface area contributed by atoms with Gasteiger partial charge in [-0.3, -0.25) is 0 Å². The maximum Gasteiger partial charge on any atom is 0.0573 e. The van der Waals surface area contributed by atoms with Crippen molar-refractivity contribution in [1.82, 2.24) is 0 Å². The molecule has 0 spiro atoms. The summed E-state index contributed by atoms with van der Waals surface area (Å²) in [7, 11) is 0. The van der Waals surface area contributed by atoms with Gasteiger partial charge in [-0.2, -0.15) is 0 Å². The van der Waals surface area contributed by atoms with Gasteiger partial charge in [0.25, 0.3) is 0 Å². The fourth-order valence-corrected chi connectivity index (χ4v) is 7.86. The Hall–Kier alpha value is -0.0400. The zero-order chi connectivity index (χ0) is 14.0. The summed E-state index contributed by atoms with van der Waals surface area (Å²) in [5, 5.41) is 10.8. The molecule has 5 saturated carbocycles. The highest BCUT2D eigenvalue weighted by Gasteiger charge is 2.60. The van der Waals surface area contributed by atoms with Crippen molar-refractivity contribution in [1.29, 1.82) is 0 Å². The topological polar surface area (TPSA) is 20.2 Å². The normalized spacial score (nSPS) is 52.6. The van der Waals surface area contributed by atoms with Crippen LogP contribution in [0.15, 0.2) is 0 Å². The van der Waals surface area contributed by atoms with Crippen molar-refractivity contribution in [3.05, 3.63) is 0 Å². The summed E-state index contributed by atoms with van der Waals surface area (Å²) in [6.45, 7) is 5.10. The average Bonchev–Trinajstić information content (AvgIpc) is 2.75. The van der Waals surface area contributed by atoms with E-state index < -0.39 is 0 Å². The summed E-state index contributed by atoms with van der Waals surface area (Å²) in [6, 6.07) is 0. The van der Waals surface area contributed by atoms with E-state index in [4.69, 9.17) is 0 Å². The summed E-state index contributed by atoms with van der Waals surface area (Å²) in [4.78, 5) is 0. The van der Waals surface area contributed by atoms with Crippen molar-refractivity contribution in [2.24, 2.45) is 28.1 Å². The number of aliphatic hydroxyl groups excluding tert-OH is 1. The third-order valence-corrected chi connectivity index (χ3v) is 7.33. The Kier molecular flexibility index (Phi) is 2.89. The van der Waals surface area contributed by atoms with Crippen LogP contribution in [0.25, 0.3) is 0 Å². The van der Waals surface area contributed by atoms with E-state index in [0.717, 1.165) is 12.3 Å². The molecule has 0 radical (unpaired) electrons. The van der Waals surface area contributed by atoms with Crippen molar-refractivity contribution in [3.63, 3.8) is 0 Å². The van der Waals surface area contributed by atoms with Gasteiger partial charge in [0.15, 0.2) is 0 Å². The lowest BCUT2D eigenvalue weighted by molar-refractivity contribution is -0.159. The van der Waals surface area contributed by atoms with Crippen LogP contribution in [0.3, 0.4) is 0 Å². The van der Waals surface area contributed by atoms with Crippen LogP contribution in [0.1, 0.15) is 84.5 Å². The molecule has 5 aliphatic rings. The van der Waals surface area contributed by atoms with Gasteiger partial charge in [-0.1, -0.05) is 26.7 Å². The average molecular weight is 276 g/mol. The molecule has 0 aliphatic heterocycles. The Morgan fingerprint density at radius 1 is 0.950 bits per heavy atom. The van der Waals surface area contributed by atoms with Crippen LogP contribution in [-0.4, -0.2) is 11.2 Å². The van der Waals surface area contributed by atoms with Crippen LogP contribution in [0.5, 0.6) is 0 Å². The highest BCUT2D eigenvalue weighted by molar-refractivity contribution is 5.10. The predicted octanol–water partition coefficient (Wildman–Crippen LogP) is 4.92. The van der Waals surface area contributed by atoms with Gasteiger partial charge >= 0.3 is 0 Å². The molecule has 0 saturated heterocycles. The van der Waals surface area contributed by atoms with E-state index in [0.29, 0.717) is 22.2 Å². The molecule has 0 heterocycles. The SMILES string of the molecule is CC12CC3CC(C)(C1)CC(CC(O)C1CCCC1)(C3)C2. The molecule has 1 heteroatoms. The van der Waals surface area contributed by atoms with Crippen LogP contribution in [0.2, 0.25) is 0 Å². The Balaban J connectivity index is 1.54. The second kappa shape index (κ2) is 4.24. The molecule has 1 N–H and O–H groups in total. The summed E-state index contributed by atoms with van der Waals surface area (Å²) >= 11 is 0. The van der Waals surface area contributed by atoms with Crippen molar-refractivity contribution in [3.8, 4) is 0 Å². The fourth-order valence-electron chi connectivity index (χ4n) is 7.86. The molecular weight excluding hydrogens is 244 g/mol. The third kappa shape index (κ3) is 2.16. The molecule has 0 aromatic heterocycles. The fraction of sp³-hybridized carbons (Fsp3) is 1.00. The Bertz CT molecular complexity index is 377. The number of hydrogen-bond acceptors (Lipinski definition) is 1. The minimum atomic E-state index is 0.000880.